The van der Waals surface area contributed by atoms with Crippen LogP contribution in [0.3, 0.4) is 0 Å². The summed E-state index contributed by atoms with van der Waals surface area (Å²) in [6, 6.07) is 9.65. The summed E-state index contributed by atoms with van der Waals surface area (Å²) in [6.45, 7) is 0.694. The van der Waals surface area contributed by atoms with E-state index in [0.29, 0.717) is 6.54 Å². The molecule has 0 unspecified atom stereocenters. The van der Waals surface area contributed by atoms with E-state index in [1.165, 1.54) is 5.57 Å². The highest BCUT2D eigenvalue weighted by Crippen LogP contribution is 2.24. The number of benzene rings is 1. The van der Waals surface area contributed by atoms with Crippen LogP contribution in [0.25, 0.3) is 5.57 Å². The SMILES string of the molecule is NC(=O)N1C=C(c2ccccc2)CC1. The standard InChI is InChI=1S/C11H12N2O/c12-11(14)13-7-6-10(8-13)9-4-2-1-3-5-9/h1-5,8H,6-7H2,(H2,12,14). The Hall–Kier alpha value is -1.77. The minimum absolute atomic E-state index is 0.379. The number of nitrogens with zero attached hydrogens (tertiary/aromatic N) is 1. The van der Waals surface area contributed by atoms with Crippen molar-refractivity contribution in [3.8, 4) is 0 Å². The maximum Gasteiger partial charge on any atom is 0.318 e. The van der Waals surface area contributed by atoms with Crippen LogP contribution in [0.5, 0.6) is 0 Å². The average molecular weight is 188 g/mol. The predicted octanol–water partition coefficient (Wildman–Crippen LogP) is 1.81. The molecule has 72 valence electrons. The van der Waals surface area contributed by atoms with Gasteiger partial charge in [-0.2, -0.15) is 0 Å². The lowest BCUT2D eigenvalue weighted by Crippen LogP contribution is -2.29. The van der Waals surface area contributed by atoms with Gasteiger partial charge in [0, 0.05) is 12.7 Å². The summed E-state index contributed by atoms with van der Waals surface area (Å²) < 4.78 is 0. The van der Waals surface area contributed by atoms with Crippen molar-refractivity contribution in [2.24, 2.45) is 5.73 Å². The summed E-state index contributed by atoms with van der Waals surface area (Å²) >= 11 is 0. The molecule has 14 heavy (non-hydrogen) atoms. The summed E-state index contributed by atoms with van der Waals surface area (Å²) in [7, 11) is 0. The number of amides is 2. The lowest BCUT2D eigenvalue weighted by molar-refractivity contribution is 0.227. The Kier molecular flexibility index (Phi) is 2.23. The Morgan fingerprint density at radius 3 is 2.57 bits per heavy atom. The van der Waals surface area contributed by atoms with Crippen LogP contribution in [-0.4, -0.2) is 17.5 Å². The molecular weight excluding hydrogens is 176 g/mol. The van der Waals surface area contributed by atoms with Crippen molar-refractivity contribution in [3.63, 3.8) is 0 Å². The topological polar surface area (TPSA) is 46.3 Å². The molecule has 0 saturated carbocycles. The number of rotatable bonds is 1. The zero-order chi connectivity index (χ0) is 9.97. The number of carbonyl (C=O) groups is 1. The van der Waals surface area contributed by atoms with Gasteiger partial charge < -0.3 is 10.6 Å². The van der Waals surface area contributed by atoms with Gasteiger partial charge >= 0.3 is 6.03 Å². The van der Waals surface area contributed by atoms with Crippen molar-refractivity contribution in [1.29, 1.82) is 0 Å². The van der Waals surface area contributed by atoms with Gasteiger partial charge in [0.05, 0.1) is 0 Å². The summed E-state index contributed by atoms with van der Waals surface area (Å²) in [5, 5.41) is 0. The molecular formula is C11H12N2O. The summed E-state index contributed by atoms with van der Waals surface area (Å²) in [4.78, 5) is 12.4. The molecule has 2 amide bonds. The lowest BCUT2D eigenvalue weighted by atomic mass is 10.1. The van der Waals surface area contributed by atoms with E-state index in [9.17, 15) is 4.79 Å². The fourth-order valence-corrected chi connectivity index (χ4v) is 1.60. The van der Waals surface area contributed by atoms with E-state index < -0.39 is 0 Å². The molecule has 1 aliphatic rings. The molecule has 1 aromatic carbocycles. The second-order valence-corrected chi connectivity index (χ2v) is 3.30. The quantitative estimate of drug-likeness (QED) is 0.717. The molecule has 0 atom stereocenters. The van der Waals surface area contributed by atoms with E-state index in [1.54, 1.807) is 4.90 Å². The van der Waals surface area contributed by atoms with Gasteiger partial charge in [0.25, 0.3) is 0 Å². The molecule has 0 aliphatic carbocycles. The van der Waals surface area contributed by atoms with Gasteiger partial charge in [-0.3, -0.25) is 0 Å². The van der Waals surface area contributed by atoms with Crippen molar-refractivity contribution in [2.75, 3.05) is 6.54 Å². The van der Waals surface area contributed by atoms with E-state index in [2.05, 4.69) is 0 Å². The average Bonchev–Trinajstić information content (AvgIpc) is 2.68. The summed E-state index contributed by atoms with van der Waals surface area (Å²) in [5.41, 5.74) is 7.51. The zero-order valence-corrected chi connectivity index (χ0v) is 7.81. The molecule has 0 spiro atoms. The van der Waals surface area contributed by atoms with Crippen molar-refractivity contribution in [2.45, 2.75) is 6.42 Å². The third kappa shape index (κ3) is 1.62. The molecule has 0 saturated heterocycles. The maximum absolute atomic E-state index is 10.9. The first kappa shape index (κ1) is 8.81. The molecule has 1 aliphatic heterocycles. The Balaban J connectivity index is 2.22. The minimum Gasteiger partial charge on any atom is -0.351 e. The maximum atomic E-state index is 10.9. The number of carbonyl (C=O) groups excluding carboxylic acids is 1. The van der Waals surface area contributed by atoms with Crippen LogP contribution in [0.1, 0.15) is 12.0 Å². The fraction of sp³-hybridized carbons (Fsp3) is 0.182. The zero-order valence-electron chi connectivity index (χ0n) is 7.81. The highest BCUT2D eigenvalue weighted by atomic mass is 16.2. The van der Waals surface area contributed by atoms with Crippen LogP contribution in [-0.2, 0) is 0 Å². The van der Waals surface area contributed by atoms with Crippen LogP contribution < -0.4 is 5.73 Å². The first-order valence-corrected chi connectivity index (χ1v) is 4.59. The van der Waals surface area contributed by atoms with E-state index in [-0.39, 0.29) is 6.03 Å². The second kappa shape index (κ2) is 3.54. The minimum atomic E-state index is -0.379. The van der Waals surface area contributed by atoms with Gasteiger partial charge in [0.1, 0.15) is 0 Å². The Morgan fingerprint density at radius 2 is 2.00 bits per heavy atom. The third-order valence-electron chi connectivity index (χ3n) is 2.36. The van der Waals surface area contributed by atoms with Gasteiger partial charge in [0.2, 0.25) is 0 Å². The number of primary amides is 1. The van der Waals surface area contributed by atoms with E-state index in [0.717, 1.165) is 12.0 Å². The third-order valence-corrected chi connectivity index (χ3v) is 2.36. The van der Waals surface area contributed by atoms with E-state index in [4.69, 9.17) is 5.73 Å². The molecule has 0 fully saturated rings. The number of hydrogen-bond donors (Lipinski definition) is 1. The van der Waals surface area contributed by atoms with Gasteiger partial charge in [-0.1, -0.05) is 30.3 Å². The van der Waals surface area contributed by atoms with Gasteiger partial charge in [0.15, 0.2) is 0 Å². The fourth-order valence-electron chi connectivity index (χ4n) is 1.60. The molecule has 0 bridgehead atoms. The second-order valence-electron chi connectivity index (χ2n) is 3.30. The van der Waals surface area contributed by atoms with Crippen LogP contribution in [0.2, 0.25) is 0 Å². The van der Waals surface area contributed by atoms with Crippen molar-refractivity contribution < 1.29 is 4.79 Å². The Labute approximate surface area is 82.8 Å². The normalized spacial score (nSPS) is 15.4. The molecule has 0 radical (unpaired) electrons. The predicted molar refractivity (Wildman–Crippen MR) is 55.3 cm³/mol. The Bertz CT molecular complexity index is 370. The highest BCUT2D eigenvalue weighted by Gasteiger charge is 2.16. The van der Waals surface area contributed by atoms with Gasteiger partial charge in [-0.15, -0.1) is 0 Å². The first-order chi connectivity index (χ1) is 6.77. The lowest BCUT2D eigenvalue weighted by Gasteiger charge is -2.06. The first-order valence-electron chi connectivity index (χ1n) is 4.59. The number of hydrogen-bond acceptors (Lipinski definition) is 1. The molecule has 2 rings (SSSR count). The summed E-state index contributed by atoms with van der Waals surface area (Å²) in [6.07, 6.45) is 2.71. The van der Waals surface area contributed by atoms with Gasteiger partial charge in [-0.25, -0.2) is 4.79 Å². The van der Waals surface area contributed by atoms with Crippen LogP contribution in [0, 0.1) is 0 Å². The molecule has 2 N–H and O–H groups in total. The van der Waals surface area contributed by atoms with Gasteiger partial charge in [-0.05, 0) is 17.6 Å². The molecule has 1 heterocycles. The van der Waals surface area contributed by atoms with E-state index in [1.807, 2.05) is 36.5 Å². The molecule has 1 aromatic rings. The Morgan fingerprint density at radius 1 is 1.29 bits per heavy atom. The monoisotopic (exact) mass is 188 g/mol. The summed E-state index contributed by atoms with van der Waals surface area (Å²) in [5.74, 6) is 0. The number of nitrogens with two attached hydrogens (primary N) is 1. The molecule has 3 heteroatoms. The largest absolute Gasteiger partial charge is 0.351 e. The van der Waals surface area contributed by atoms with Crippen LogP contribution in [0.15, 0.2) is 36.5 Å². The van der Waals surface area contributed by atoms with Crippen molar-refractivity contribution in [1.82, 2.24) is 4.90 Å². The van der Waals surface area contributed by atoms with Crippen molar-refractivity contribution >= 4 is 11.6 Å². The number of urea groups is 1. The molecule has 0 aromatic heterocycles. The molecule has 3 nitrogen and oxygen atoms in total. The van der Waals surface area contributed by atoms with Crippen LogP contribution in [0.4, 0.5) is 4.79 Å². The van der Waals surface area contributed by atoms with E-state index >= 15 is 0 Å². The van der Waals surface area contributed by atoms with Crippen LogP contribution >= 0.6 is 0 Å². The highest BCUT2D eigenvalue weighted by molar-refractivity contribution is 5.78. The van der Waals surface area contributed by atoms with Crippen molar-refractivity contribution in [3.05, 3.63) is 42.1 Å². The smallest absolute Gasteiger partial charge is 0.318 e.